The zero-order valence-electron chi connectivity index (χ0n) is 10.5. The van der Waals surface area contributed by atoms with Crippen molar-refractivity contribution in [3.8, 4) is 0 Å². The lowest BCUT2D eigenvalue weighted by Crippen LogP contribution is -2.53. The summed E-state index contributed by atoms with van der Waals surface area (Å²) in [6, 6.07) is 0. The molecule has 88 valence electrons. The van der Waals surface area contributed by atoms with Crippen LogP contribution in [0.1, 0.15) is 27.7 Å². The molecule has 1 heterocycles. The molecule has 2 N–H and O–H groups in total. The molecule has 0 radical (unpaired) electrons. The molecule has 1 rings (SSSR count). The minimum Gasteiger partial charge on any atom is -0.380 e. The summed E-state index contributed by atoms with van der Waals surface area (Å²) in [5.41, 5.74) is 0.314. The van der Waals surface area contributed by atoms with Crippen LogP contribution in [0.25, 0.3) is 0 Å². The van der Waals surface area contributed by atoms with E-state index in [4.69, 9.17) is 4.74 Å². The normalized spacial score (nSPS) is 20.7. The molecule has 0 bridgehead atoms. The first-order chi connectivity index (χ1) is 6.85. The van der Waals surface area contributed by atoms with Crippen molar-refractivity contribution in [1.29, 1.82) is 0 Å². The van der Waals surface area contributed by atoms with Crippen LogP contribution in [0.4, 0.5) is 0 Å². The molecule has 0 aromatic carbocycles. The number of aliphatic imine (C=N–C) groups is 1. The van der Waals surface area contributed by atoms with Gasteiger partial charge < -0.3 is 15.4 Å². The highest BCUT2D eigenvalue weighted by atomic mass is 16.5. The molecule has 0 amide bonds. The molecule has 0 saturated carbocycles. The van der Waals surface area contributed by atoms with Gasteiger partial charge in [-0.05, 0) is 20.8 Å². The predicted molar refractivity (Wildman–Crippen MR) is 63.2 cm³/mol. The summed E-state index contributed by atoms with van der Waals surface area (Å²) >= 11 is 0. The second-order valence-corrected chi connectivity index (χ2v) is 5.60. The number of guanidine groups is 1. The summed E-state index contributed by atoms with van der Waals surface area (Å²) in [4.78, 5) is 4.19. The van der Waals surface area contributed by atoms with Gasteiger partial charge in [-0.1, -0.05) is 6.92 Å². The third kappa shape index (κ3) is 4.08. The van der Waals surface area contributed by atoms with Crippen LogP contribution in [-0.4, -0.2) is 38.3 Å². The van der Waals surface area contributed by atoms with Crippen LogP contribution in [0.2, 0.25) is 0 Å². The fourth-order valence-electron chi connectivity index (χ4n) is 1.38. The van der Waals surface area contributed by atoms with Crippen LogP contribution in [0.3, 0.4) is 0 Å². The maximum atomic E-state index is 5.20. The highest BCUT2D eigenvalue weighted by molar-refractivity contribution is 5.80. The summed E-state index contributed by atoms with van der Waals surface area (Å²) in [6.45, 7) is 11.2. The van der Waals surface area contributed by atoms with Crippen LogP contribution in [0.15, 0.2) is 4.99 Å². The zero-order chi connectivity index (χ0) is 11.5. The van der Waals surface area contributed by atoms with Gasteiger partial charge in [0, 0.05) is 24.5 Å². The molecular formula is C11H23N3O. The first-order valence-corrected chi connectivity index (χ1v) is 5.41. The van der Waals surface area contributed by atoms with Crippen molar-refractivity contribution in [1.82, 2.24) is 10.6 Å². The van der Waals surface area contributed by atoms with E-state index < -0.39 is 0 Å². The Morgan fingerprint density at radius 2 is 2.00 bits per heavy atom. The molecule has 0 atom stereocenters. The Bertz CT molecular complexity index is 239. The first-order valence-electron chi connectivity index (χ1n) is 5.41. The average Bonchev–Trinajstić information content (AvgIpc) is 2.07. The van der Waals surface area contributed by atoms with Crippen LogP contribution >= 0.6 is 0 Å². The molecule has 4 nitrogen and oxygen atoms in total. The van der Waals surface area contributed by atoms with E-state index in [0.717, 1.165) is 25.7 Å². The Kier molecular flexibility index (Phi) is 3.60. The van der Waals surface area contributed by atoms with E-state index in [-0.39, 0.29) is 11.0 Å². The Labute approximate surface area is 92.5 Å². The Morgan fingerprint density at radius 1 is 1.40 bits per heavy atom. The highest BCUT2D eigenvalue weighted by Crippen LogP contribution is 2.24. The van der Waals surface area contributed by atoms with E-state index >= 15 is 0 Å². The van der Waals surface area contributed by atoms with Crippen molar-refractivity contribution in [2.45, 2.75) is 33.2 Å². The summed E-state index contributed by atoms with van der Waals surface area (Å²) in [6.07, 6.45) is 0. The number of rotatable bonds is 2. The summed E-state index contributed by atoms with van der Waals surface area (Å²) in [5, 5.41) is 6.65. The van der Waals surface area contributed by atoms with E-state index in [1.54, 1.807) is 7.05 Å². The monoisotopic (exact) mass is 213 g/mol. The van der Waals surface area contributed by atoms with E-state index in [1.165, 1.54) is 0 Å². The lowest BCUT2D eigenvalue weighted by atomic mass is 9.89. The predicted octanol–water partition coefficient (Wildman–Crippen LogP) is 0.986. The summed E-state index contributed by atoms with van der Waals surface area (Å²) in [7, 11) is 1.79. The fraction of sp³-hybridized carbons (Fsp3) is 0.909. The second kappa shape index (κ2) is 4.39. The van der Waals surface area contributed by atoms with Gasteiger partial charge in [0.05, 0.1) is 13.2 Å². The molecule has 1 fully saturated rings. The average molecular weight is 213 g/mol. The number of nitrogens with zero attached hydrogens (tertiary/aromatic N) is 1. The molecule has 1 aliphatic rings. The maximum absolute atomic E-state index is 5.20. The van der Waals surface area contributed by atoms with Gasteiger partial charge >= 0.3 is 0 Å². The Balaban J connectivity index is 2.35. The largest absolute Gasteiger partial charge is 0.380 e. The van der Waals surface area contributed by atoms with Gasteiger partial charge in [-0.25, -0.2) is 0 Å². The lowest BCUT2D eigenvalue weighted by Gasteiger charge is -2.38. The molecule has 1 aliphatic heterocycles. The number of hydrogen-bond acceptors (Lipinski definition) is 2. The van der Waals surface area contributed by atoms with Gasteiger partial charge in [-0.3, -0.25) is 4.99 Å². The lowest BCUT2D eigenvalue weighted by molar-refractivity contribution is -0.0971. The maximum Gasteiger partial charge on any atom is 0.191 e. The van der Waals surface area contributed by atoms with Crippen molar-refractivity contribution in [2.75, 3.05) is 26.8 Å². The van der Waals surface area contributed by atoms with Gasteiger partial charge in [0.1, 0.15) is 0 Å². The van der Waals surface area contributed by atoms with Gasteiger partial charge in [0.25, 0.3) is 0 Å². The summed E-state index contributed by atoms with van der Waals surface area (Å²) < 4.78 is 5.20. The van der Waals surface area contributed by atoms with Crippen molar-refractivity contribution < 1.29 is 4.74 Å². The SMILES string of the molecule is CN=C(NCC1(C)COC1)NC(C)(C)C. The van der Waals surface area contributed by atoms with E-state index in [9.17, 15) is 0 Å². The van der Waals surface area contributed by atoms with Gasteiger partial charge in [-0.15, -0.1) is 0 Å². The van der Waals surface area contributed by atoms with E-state index in [0.29, 0.717) is 0 Å². The van der Waals surface area contributed by atoms with Gasteiger partial charge in [0.15, 0.2) is 5.96 Å². The Morgan fingerprint density at radius 3 is 2.33 bits per heavy atom. The van der Waals surface area contributed by atoms with Gasteiger partial charge in [-0.2, -0.15) is 0 Å². The Hall–Kier alpha value is -0.770. The number of ether oxygens (including phenoxy) is 1. The number of hydrogen-bond donors (Lipinski definition) is 2. The molecule has 0 unspecified atom stereocenters. The van der Waals surface area contributed by atoms with Crippen molar-refractivity contribution >= 4 is 5.96 Å². The van der Waals surface area contributed by atoms with Crippen LogP contribution in [0.5, 0.6) is 0 Å². The van der Waals surface area contributed by atoms with Crippen molar-refractivity contribution in [3.63, 3.8) is 0 Å². The smallest absolute Gasteiger partial charge is 0.191 e. The van der Waals surface area contributed by atoms with Crippen LogP contribution in [-0.2, 0) is 4.74 Å². The minimum atomic E-state index is 0.0405. The van der Waals surface area contributed by atoms with Crippen LogP contribution in [0, 0.1) is 5.41 Å². The molecule has 0 aliphatic carbocycles. The molecule has 1 saturated heterocycles. The standard InChI is InChI=1S/C11H23N3O/c1-10(2,3)14-9(12-5)13-6-11(4)7-15-8-11/h6-8H2,1-5H3,(H2,12,13,14). The quantitative estimate of drug-likeness (QED) is 0.531. The molecule has 0 aromatic rings. The summed E-state index contributed by atoms with van der Waals surface area (Å²) in [5.74, 6) is 0.857. The second-order valence-electron chi connectivity index (χ2n) is 5.60. The highest BCUT2D eigenvalue weighted by Gasteiger charge is 2.33. The zero-order valence-corrected chi connectivity index (χ0v) is 10.5. The third-order valence-electron chi connectivity index (χ3n) is 2.30. The van der Waals surface area contributed by atoms with Crippen LogP contribution < -0.4 is 10.6 Å². The third-order valence-corrected chi connectivity index (χ3v) is 2.30. The number of nitrogens with one attached hydrogen (secondary N) is 2. The van der Waals surface area contributed by atoms with Crippen molar-refractivity contribution in [3.05, 3.63) is 0 Å². The molecule has 0 spiro atoms. The topological polar surface area (TPSA) is 45.7 Å². The van der Waals surface area contributed by atoms with E-state index in [2.05, 4.69) is 43.3 Å². The fourth-order valence-corrected chi connectivity index (χ4v) is 1.38. The first kappa shape index (κ1) is 12.3. The minimum absolute atomic E-state index is 0.0405. The molecule has 4 heteroatoms. The molecule has 0 aromatic heterocycles. The molecule has 15 heavy (non-hydrogen) atoms. The van der Waals surface area contributed by atoms with E-state index in [1.807, 2.05) is 0 Å². The van der Waals surface area contributed by atoms with Crippen molar-refractivity contribution in [2.24, 2.45) is 10.4 Å². The molecular weight excluding hydrogens is 190 g/mol. The van der Waals surface area contributed by atoms with Gasteiger partial charge in [0.2, 0.25) is 0 Å².